The zero-order valence-electron chi connectivity index (χ0n) is 20.9. The van der Waals surface area contributed by atoms with Gasteiger partial charge >= 0.3 is 0 Å². The SMILES string of the molecule is Nc1ncnc2cc(CN3CCN(Cc4ccc5cc(Cl)ccc5c4)[C@@H](Cc4ccccc4)C3=O)ccc12. The van der Waals surface area contributed by atoms with Crippen LogP contribution in [0.2, 0.25) is 5.02 Å². The lowest BCUT2D eigenvalue weighted by Crippen LogP contribution is -2.57. The van der Waals surface area contributed by atoms with E-state index >= 15 is 0 Å². The number of amides is 1. The fourth-order valence-electron chi connectivity index (χ4n) is 5.32. The van der Waals surface area contributed by atoms with Crippen molar-refractivity contribution in [2.24, 2.45) is 0 Å². The molecule has 0 radical (unpaired) electrons. The average Bonchev–Trinajstić information content (AvgIpc) is 2.93. The molecule has 2 heterocycles. The fraction of sp³-hybridized carbons (Fsp3) is 0.194. The summed E-state index contributed by atoms with van der Waals surface area (Å²) in [4.78, 5) is 26.6. The molecule has 2 N–H and O–H groups in total. The summed E-state index contributed by atoms with van der Waals surface area (Å²) in [6.07, 6.45) is 2.14. The summed E-state index contributed by atoms with van der Waals surface area (Å²) >= 11 is 6.17. The maximum Gasteiger partial charge on any atom is 0.240 e. The minimum atomic E-state index is -0.245. The molecular formula is C31H28ClN5O. The molecule has 1 saturated heterocycles. The van der Waals surface area contributed by atoms with Gasteiger partial charge in [0.2, 0.25) is 5.91 Å². The Morgan fingerprint density at radius 2 is 1.58 bits per heavy atom. The third kappa shape index (κ3) is 5.05. The Bertz CT molecular complexity index is 1620. The predicted octanol–water partition coefficient (Wildman–Crippen LogP) is 5.47. The van der Waals surface area contributed by atoms with Crippen LogP contribution in [0, 0.1) is 0 Å². The second-order valence-electron chi connectivity index (χ2n) is 9.87. The first kappa shape index (κ1) is 24.3. The molecular weight excluding hydrogens is 494 g/mol. The quantitative estimate of drug-likeness (QED) is 0.320. The second-order valence-corrected chi connectivity index (χ2v) is 10.3. The van der Waals surface area contributed by atoms with Gasteiger partial charge in [0.15, 0.2) is 0 Å². The Hall–Kier alpha value is -4.00. The van der Waals surface area contributed by atoms with E-state index in [9.17, 15) is 4.79 Å². The molecule has 1 aliphatic rings. The number of rotatable bonds is 6. The molecule has 1 amide bonds. The van der Waals surface area contributed by atoms with Gasteiger partial charge in [-0.1, -0.05) is 66.2 Å². The summed E-state index contributed by atoms with van der Waals surface area (Å²) in [5, 5.41) is 3.83. The van der Waals surface area contributed by atoms with Crippen molar-refractivity contribution in [2.75, 3.05) is 18.8 Å². The van der Waals surface area contributed by atoms with Crippen LogP contribution < -0.4 is 5.73 Å². The van der Waals surface area contributed by atoms with Gasteiger partial charge in [-0.25, -0.2) is 9.97 Å². The standard InChI is InChI=1S/C31H28ClN5O/c32-26-10-9-24-14-22(6-8-25(24)17-26)18-36-12-13-37(31(38)29(36)16-21-4-2-1-3-5-21)19-23-7-11-27-28(15-23)34-20-35-30(27)33/h1-11,14-15,17,20,29H,12-13,16,18-19H2,(H2,33,34,35)/t29-/m0/s1. The van der Waals surface area contributed by atoms with Crippen molar-refractivity contribution in [3.8, 4) is 0 Å². The van der Waals surface area contributed by atoms with Crippen molar-refractivity contribution in [1.29, 1.82) is 0 Å². The molecule has 0 unspecified atom stereocenters. The van der Waals surface area contributed by atoms with E-state index in [4.69, 9.17) is 17.3 Å². The molecule has 6 nitrogen and oxygen atoms in total. The van der Waals surface area contributed by atoms with Crippen LogP contribution in [0.15, 0.2) is 91.3 Å². The third-order valence-electron chi connectivity index (χ3n) is 7.32. The first-order valence-electron chi connectivity index (χ1n) is 12.8. The Kier molecular flexibility index (Phi) is 6.66. The lowest BCUT2D eigenvalue weighted by atomic mass is 9.99. The van der Waals surface area contributed by atoms with Gasteiger partial charge in [0, 0.05) is 36.6 Å². The summed E-state index contributed by atoms with van der Waals surface area (Å²) in [7, 11) is 0. The van der Waals surface area contributed by atoms with Crippen molar-refractivity contribution in [3.05, 3.63) is 113 Å². The van der Waals surface area contributed by atoms with Gasteiger partial charge in [-0.3, -0.25) is 9.69 Å². The maximum atomic E-state index is 13.9. The topological polar surface area (TPSA) is 75.3 Å². The normalized spacial score (nSPS) is 16.4. The summed E-state index contributed by atoms with van der Waals surface area (Å²) in [5.41, 5.74) is 10.2. The Balaban J connectivity index is 1.25. The van der Waals surface area contributed by atoms with Crippen LogP contribution in [0.25, 0.3) is 21.7 Å². The van der Waals surface area contributed by atoms with Crippen molar-refractivity contribution in [1.82, 2.24) is 19.8 Å². The van der Waals surface area contributed by atoms with E-state index in [0.29, 0.717) is 31.9 Å². The number of carbonyl (C=O) groups is 1. The number of hydrogen-bond acceptors (Lipinski definition) is 5. The monoisotopic (exact) mass is 521 g/mol. The number of hydrogen-bond donors (Lipinski definition) is 1. The molecule has 1 fully saturated rings. The van der Waals surface area contributed by atoms with E-state index in [1.807, 2.05) is 59.5 Å². The van der Waals surface area contributed by atoms with Crippen LogP contribution in [-0.2, 0) is 24.3 Å². The fourth-order valence-corrected chi connectivity index (χ4v) is 5.50. The maximum absolute atomic E-state index is 13.9. The average molecular weight is 522 g/mol. The molecule has 1 aliphatic heterocycles. The highest BCUT2D eigenvalue weighted by Gasteiger charge is 2.34. The molecule has 38 heavy (non-hydrogen) atoms. The first-order chi connectivity index (χ1) is 18.5. The smallest absolute Gasteiger partial charge is 0.240 e. The van der Waals surface area contributed by atoms with Crippen molar-refractivity contribution < 1.29 is 4.79 Å². The number of aromatic nitrogens is 2. The van der Waals surface area contributed by atoms with Crippen molar-refractivity contribution in [2.45, 2.75) is 25.6 Å². The number of fused-ring (bicyclic) bond motifs is 2. The number of piperazine rings is 1. The van der Waals surface area contributed by atoms with Gasteiger partial charge < -0.3 is 10.6 Å². The van der Waals surface area contributed by atoms with E-state index in [1.165, 1.54) is 11.9 Å². The molecule has 1 atom stereocenters. The second kappa shape index (κ2) is 10.4. The molecule has 0 saturated carbocycles. The minimum absolute atomic E-state index is 0.148. The zero-order valence-corrected chi connectivity index (χ0v) is 21.7. The van der Waals surface area contributed by atoms with Crippen LogP contribution in [-0.4, -0.2) is 44.8 Å². The van der Waals surface area contributed by atoms with Gasteiger partial charge in [-0.2, -0.15) is 0 Å². The molecule has 1 aromatic heterocycles. The lowest BCUT2D eigenvalue weighted by molar-refractivity contribution is -0.142. The summed E-state index contributed by atoms with van der Waals surface area (Å²) in [5.74, 6) is 0.612. The summed E-state index contributed by atoms with van der Waals surface area (Å²) < 4.78 is 0. The highest BCUT2D eigenvalue weighted by molar-refractivity contribution is 6.31. The van der Waals surface area contributed by atoms with Gasteiger partial charge in [0.05, 0.1) is 11.6 Å². The van der Waals surface area contributed by atoms with Crippen LogP contribution in [0.4, 0.5) is 5.82 Å². The van der Waals surface area contributed by atoms with Crippen LogP contribution in [0.3, 0.4) is 0 Å². The highest BCUT2D eigenvalue weighted by atomic mass is 35.5. The van der Waals surface area contributed by atoms with Gasteiger partial charge in [-0.05, 0) is 64.2 Å². The number of nitrogens with two attached hydrogens (primary N) is 1. The third-order valence-corrected chi connectivity index (χ3v) is 7.56. The van der Waals surface area contributed by atoms with Crippen molar-refractivity contribution >= 4 is 45.0 Å². The number of carbonyl (C=O) groups excluding carboxylic acids is 1. The van der Waals surface area contributed by atoms with Crippen molar-refractivity contribution in [3.63, 3.8) is 0 Å². The zero-order chi connectivity index (χ0) is 26.1. The lowest BCUT2D eigenvalue weighted by Gasteiger charge is -2.41. The van der Waals surface area contributed by atoms with Crippen LogP contribution >= 0.6 is 11.6 Å². The Labute approximate surface area is 226 Å². The van der Waals surface area contributed by atoms with E-state index in [-0.39, 0.29) is 11.9 Å². The van der Waals surface area contributed by atoms with E-state index in [0.717, 1.165) is 44.4 Å². The Morgan fingerprint density at radius 3 is 2.45 bits per heavy atom. The number of nitrogen functional groups attached to an aromatic ring is 1. The summed E-state index contributed by atoms with van der Waals surface area (Å²) in [6.45, 7) is 2.71. The molecule has 4 aromatic carbocycles. The molecule has 5 aromatic rings. The highest BCUT2D eigenvalue weighted by Crippen LogP contribution is 2.25. The molecule has 6 rings (SSSR count). The van der Waals surface area contributed by atoms with Gasteiger partial charge in [-0.15, -0.1) is 0 Å². The number of benzene rings is 4. The number of nitrogens with zero attached hydrogens (tertiary/aromatic N) is 4. The predicted molar refractivity (Wildman–Crippen MR) is 153 cm³/mol. The largest absolute Gasteiger partial charge is 0.383 e. The van der Waals surface area contributed by atoms with E-state index < -0.39 is 0 Å². The molecule has 190 valence electrons. The van der Waals surface area contributed by atoms with Crippen LogP contribution in [0.1, 0.15) is 16.7 Å². The van der Waals surface area contributed by atoms with Crippen LogP contribution in [0.5, 0.6) is 0 Å². The molecule has 0 bridgehead atoms. The first-order valence-corrected chi connectivity index (χ1v) is 13.2. The summed E-state index contributed by atoms with van der Waals surface area (Å²) in [6, 6.07) is 28.4. The number of anilines is 1. The van der Waals surface area contributed by atoms with E-state index in [1.54, 1.807) is 0 Å². The molecule has 0 aliphatic carbocycles. The van der Waals surface area contributed by atoms with E-state index in [2.05, 4.69) is 45.2 Å². The molecule has 0 spiro atoms. The van der Waals surface area contributed by atoms with Gasteiger partial charge in [0.25, 0.3) is 0 Å². The molecule has 7 heteroatoms. The van der Waals surface area contributed by atoms with Gasteiger partial charge in [0.1, 0.15) is 12.1 Å². The minimum Gasteiger partial charge on any atom is -0.383 e. The number of halogens is 1. The Morgan fingerprint density at radius 1 is 0.816 bits per heavy atom.